The highest BCUT2D eigenvalue weighted by Gasteiger charge is 2.54. The molecule has 1 amide bonds. The molecule has 0 aliphatic carbocycles. The molecule has 1 heterocycles. The minimum absolute atomic E-state index is 0.0833. The Morgan fingerprint density at radius 2 is 2.07 bits per heavy atom. The number of carbonyl (C=O) groups is 1. The van der Waals surface area contributed by atoms with Gasteiger partial charge in [-0.3, -0.25) is 9.69 Å². The molecule has 0 radical (unpaired) electrons. The molecular formula is C10H17NO2Si. The van der Waals surface area contributed by atoms with E-state index < -0.39 is 14.2 Å². The van der Waals surface area contributed by atoms with Gasteiger partial charge in [-0.2, -0.15) is 0 Å². The van der Waals surface area contributed by atoms with Crippen LogP contribution in [0.15, 0.2) is 0 Å². The molecule has 1 N–H and O–H groups in total. The predicted octanol–water partition coefficient (Wildman–Crippen LogP) is 0.662. The fourth-order valence-electron chi connectivity index (χ4n) is 2.05. The first-order valence-corrected chi connectivity index (χ1v) is 8.36. The van der Waals surface area contributed by atoms with Crippen LogP contribution in [0.1, 0.15) is 6.92 Å². The minimum Gasteiger partial charge on any atom is -0.393 e. The lowest BCUT2D eigenvalue weighted by molar-refractivity contribution is -0.151. The van der Waals surface area contributed by atoms with Gasteiger partial charge in [0.15, 0.2) is 0 Å². The van der Waals surface area contributed by atoms with Gasteiger partial charge in [0.1, 0.15) is 0 Å². The maximum Gasteiger partial charge on any atom is 0.241 e. The number of rotatable bonds is 2. The molecule has 1 fully saturated rings. The first kappa shape index (κ1) is 11.3. The van der Waals surface area contributed by atoms with Crippen LogP contribution in [-0.4, -0.2) is 35.8 Å². The van der Waals surface area contributed by atoms with Crippen molar-refractivity contribution in [3.63, 3.8) is 0 Å². The van der Waals surface area contributed by atoms with Gasteiger partial charge >= 0.3 is 0 Å². The first-order chi connectivity index (χ1) is 6.30. The summed E-state index contributed by atoms with van der Waals surface area (Å²) >= 11 is 0. The number of carbonyl (C=O) groups excluding carboxylic acids is 1. The molecule has 1 saturated heterocycles. The van der Waals surface area contributed by atoms with Crippen LogP contribution in [0.4, 0.5) is 0 Å². The molecule has 14 heavy (non-hydrogen) atoms. The fraction of sp³-hybridized carbons (Fsp3) is 0.700. The highest BCUT2D eigenvalue weighted by molar-refractivity contribution is 6.78. The maximum atomic E-state index is 11.5. The Kier molecular flexibility index (Phi) is 2.75. The van der Waals surface area contributed by atoms with Gasteiger partial charge in [-0.05, 0) is 6.92 Å². The van der Waals surface area contributed by atoms with Crippen LogP contribution in [0.5, 0.6) is 0 Å². The molecule has 1 rings (SSSR count). The summed E-state index contributed by atoms with van der Waals surface area (Å²) in [5, 5.41) is 9.50. The molecule has 78 valence electrons. The number of likely N-dealkylation sites (tertiary alicyclic amines) is 1. The Balaban J connectivity index is 2.91. The number of terminal acetylenes is 1. The molecule has 0 spiro atoms. The molecule has 1 aliphatic heterocycles. The lowest BCUT2D eigenvalue weighted by atomic mass is 9.93. The van der Waals surface area contributed by atoms with E-state index in [0.29, 0.717) is 0 Å². The van der Waals surface area contributed by atoms with Crippen LogP contribution in [-0.2, 0) is 4.79 Å². The Bertz CT molecular complexity index is 287. The normalized spacial score (nSPS) is 29.4. The SMILES string of the molecule is C#CN1C(=O)C([C@@H](C)O)C1[Si](C)(C)C. The lowest BCUT2D eigenvalue weighted by Crippen LogP contribution is -2.70. The lowest BCUT2D eigenvalue weighted by Gasteiger charge is -2.50. The van der Waals surface area contributed by atoms with Crippen LogP contribution >= 0.6 is 0 Å². The molecular weight excluding hydrogens is 194 g/mol. The van der Waals surface area contributed by atoms with Crippen molar-refractivity contribution in [2.45, 2.75) is 38.3 Å². The number of hydrogen-bond acceptors (Lipinski definition) is 2. The Morgan fingerprint density at radius 3 is 2.36 bits per heavy atom. The standard InChI is InChI=1S/C10H17NO2Si/c1-6-11-9(13)8(7(2)12)10(11)14(3,4)5/h1,7-8,10,12H,2-5H3/t7-,8?,10?/m1/s1. The summed E-state index contributed by atoms with van der Waals surface area (Å²) in [5.74, 6) is -0.382. The second kappa shape index (κ2) is 3.41. The monoisotopic (exact) mass is 211 g/mol. The van der Waals surface area contributed by atoms with E-state index in [2.05, 4.69) is 25.7 Å². The smallest absolute Gasteiger partial charge is 0.241 e. The maximum absolute atomic E-state index is 11.5. The van der Waals surface area contributed by atoms with Gasteiger partial charge in [-0.1, -0.05) is 26.1 Å². The second-order valence-electron chi connectivity index (χ2n) is 4.91. The molecule has 0 aromatic rings. The zero-order chi connectivity index (χ0) is 11.1. The highest BCUT2D eigenvalue weighted by Crippen LogP contribution is 2.35. The fourth-order valence-corrected chi connectivity index (χ4v) is 4.53. The van der Waals surface area contributed by atoms with Gasteiger partial charge in [-0.15, -0.1) is 0 Å². The van der Waals surface area contributed by atoms with E-state index in [1.807, 2.05) is 0 Å². The molecule has 3 nitrogen and oxygen atoms in total. The average Bonchev–Trinajstić information content (AvgIpc) is 1.97. The Labute approximate surface area is 86.1 Å². The zero-order valence-electron chi connectivity index (χ0n) is 9.11. The van der Waals surface area contributed by atoms with Crippen molar-refractivity contribution in [3.8, 4) is 12.5 Å². The van der Waals surface area contributed by atoms with Gasteiger partial charge in [-0.25, -0.2) is 0 Å². The third-order valence-corrected chi connectivity index (χ3v) is 5.08. The molecule has 2 unspecified atom stereocenters. The predicted molar refractivity (Wildman–Crippen MR) is 58.0 cm³/mol. The number of aliphatic hydroxyl groups is 1. The quantitative estimate of drug-likeness (QED) is 0.414. The van der Waals surface area contributed by atoms with E-state index in [-0.39, 0.29) is 17.5 Å². The van der Waals surface area contributed by atoms with Gasteiger partial charge < -0.3 is 5.11 Å². The number of aliphatic hydroxyl groups excluding tert-OH is 1. The summed E-state index contributed by atoms with van der Waals surface area (Å²) in [5.41, 5.74) is 0.0833. The van der Waals surface area contributed by atoms with Gasteiger partial charge in [0, 0.05) is 6.04 Å². The number of hydrogen-bond donors (Lipinski definition) is 1. The van der Waals surface area contributed by atoms with Gasteiger partial charge in [0.05, 0.1) is 25.8 Å². The van der Waals surface area contributed by atoms with E-state index in [9.17, 15) is 9.90 Å². The van der Waals surface area contributed by atoms with E-state index in [1.54, 1.807) is 6.92 Å². The van der Waals surface area contributed by atoms with Crippen LogP contribution in [0.25, 0.3) is 0 Å². The van der Waals surface area contributed by atoms with Crippen molar-refractivity contribution < 1.29 is 9.90 Å². The number of β-lactam (4-membered cyclic amide) rings is 1. The summed E-state index contributed by atoms with van der Waals surface area (Å²) in [4.78, 5) is 13.0. The van der Waals surface area contributed by atoms with Crippen molar-refractivity contribution in [2.24, 2.45) is 5.92 Å². The summed E-state index contributed by atoms with van der Waals surface area (Å²) in [7, 11) is -1.52. The average molecular weight is 211 g/mol. The summed E-state index contributed by atoms with van der Waals surface area (Å²) < 4.78 is 0. The molecule has 0 aromatic carbocycles. The third-order valence-electron chi connectivity index (χ3n) is 2.69. The van der Waals surface area contributed by atoms with Crippen LogP contribution in [0, 0.1) is 18.4 Å². The molecule has 0 aromatic heterocycles. The Morgan fingerprint density at radius 1 is 1.57 bits per heavy atom. The zero-order valence-corrected chi connectivity index (χ0v) is 10.1. The van der Waals surface area contributed by atoms with Crippen molar-refractivity contribution in [1.82, 2.24) is 4.90 Å². The molecule has 0 bridgehead atoms. The summed E-state index contributed by atoms with van der Waals surface area (Å²) in [6.45, 7) is 8.13. The van der Waals surface area contributed by atoms with E-state index >= 15 is 0 Å². The van der Waals surface area contributed by atoms with Crippen molar-refractivity contribution in [1.29, 1.82) is 0 Å². The molecule has 0 saturated carbocycles. The molecule has 4 heteroatoms. The van der Waals surface area contributed by atoms with Crippen LogP contribution in [0.3, 0.4) is 0 Å². The van der Waals surface area contributed by atoms with E-state index in [1.165, 1.54) is 4.90 Å². The summed E-state index contributed by atoms with van der Waals surface area (Å²) in [6, 6.07) is 2.40. The first-order valence-electron chi connectivity index (χ1n) is 4.78. The van der Waals surface area contributed by atoms with Gasteiger partial charge in [0.2, 0.25) is 5.91 Å². The molecule has 3 atom stereocenters. The van der Waals surface area contributed by atoms with E-state index in [0.717, 1.165) is 0 Å². The topological polar surface area (TPSA) is 40.5 Å². The van der Waals surface area contributed by atoms with Crippen LogP contribution in [0.2, 0.25) is 19.6 Å². The van der Waals surface area contributed by atoms with Crippen molar-refractivity contribution in [3.05, 3.63) is 0 Å². The van der Waals surface area contributed by atoms with Gasteiger partial charge in [0.25, 0.3) is 0 Å². The molecule has 1 aliphatic rings. The number of nitrogens with zero attached hydrogens (tertiary/aromatic N) is 1. The Hall–Kier alpha value is -0.793. The summed E-state index contributed by atoms with van der Waals surface area (Å²) in [6.07, 6.45) is 4.68. The minimum atomic E-state index is -1.52. The van der Waals surface area contributed by atoms with Crippen LogP contribution < -0.4 is 0 Å². The van der Waals surface area contributed by atoms with E-state index in [4.69, 9.17) is 6.42 Å². The largest absolute Gasteiger partial charge is 0.393 e. The third kappa shape index (κ3) is 1.58. The second-order valence-corrected chi connectivity index (χ2v) is 10.2. The highest BCUT2D eigenvalue weighted by atomic mass is 28.3. The number of amides is 1. The van der Waals surface area contributed by atoms with Crippen molar-refractivity contribution >= 4 is 14.0 Å². The van der Waals surface area contributed by atoms with Crippen molar-refractivity contribution in [2.75, 3.05) is 0 Å².